The van der Waals surface area contributed by atoms with Crippen LogP contribution >= 0.6 is 11.8 Å². The van der Waals surface area contributed by atoms with Crippen LogP contribution in [0.25, 0.3) is 0 Å². The van der Waals surface area contributed by atoms with Crippen LogP contribution in [0.5, 0.6) is 17.4 Å². The van der Waals surface area contributed by atoms with Crippen molar-refractivity contribution in [2.75, 3.05) is 44.5 Å². The minimum Gasteiger partial charge on any atom is -0.473 e. The summed E-state index contributed by atoms with van der Waals surface area (Å²) in [6.45, 7) is 4.16. The van der Waals surface area contributed by atoms with Gasteiger partial charge in [0.05, 0.1) is 0 Å². The van der Waals surface area contributed by atoms with E-state index in [2.05, 4.69) is 16.0 Å². The number of thioether (sulfide) groups is 1. The fraction of sp³-hybridized carbons (Fsp3) is 0.455. The lowest BCUT2D eigenvalue weighted by atomic mass is 10.1. The fourth-order valence-corrected chi connectivity index (χ4v) is 5.08. The summed E-state index contributed by atoms with van der Waals surface area (Å²) in [5, 5.41) is 0. The zero-order valence-electron chi connectivity index (χ0n) is 16.8. The third kappa shape index (κ3) is 4.20. The maximum absolute atomic E-state index is 13.1. The minimum absolute atomic E-state index is 0.00600. The van der Waals surface area contributed by atoms with Crippen molar-refractivity contribution in [1.29, 1.82) is 0 Å². The number of pyridine rings is 1. The summed E-state index contributed by atoms with van der Waals surface area (Å²) >= 11 is 1.88. The SMILES string of the molecule is O=C(c1cccnc1O[C@@H]1CCSC1)N1CCN(Cc2ccc3c(c2)OCO3)CC1. The van der Waals surface area contributed by atoms with E-state index in [1.165, 1.54) is 5.56 Å². The van der Waals surface area contributed by atoms with Crippen LogP contribution in [0.1, 0.15) is 22.3 Å². The van der Waals surface area contributed by atoms with Gasteiger partial charge >= 0.3 is 0 Å². The molecule has 4 heterocycles. The van der Waals surface area contributed by atoms with E-state index in [9.17, 15) is 4.79 Å². The van der Waals surface area contributed by atoms with Gasteiger partial charge in [-0.15, -0.1) is 0 Å². The summed E-state index contributed by atoms with van der Waals surface area (Å²) < 4.78 is 16.9. The van der Waals surface area contributed by atoms with Crippen molar-refractivity contribution in [2.45, 2.75) is 19.1 Å². The first-order valence-electron chi connectivity index (χ1n) is 10.4. The zero-order valence-corrected chi connectivity index (χ0v) is 17.6. The second kappa shape index (κ2) is 8.73. The first-order chi connectivity index (χ1) is 14.8. The van der Waals surface area contributed by atoms with E-state index in [0.717, 1.165) is 49.1 Å². The molecule has 1 aromatic carbocycles. The number of aromatic nitrogens is 1. The zero-order chi connectivity index (χ0) is 20.3. The molecule has 2 fully saturated rings. The Morgan fingerprint density at radius 3 is 2.87 bits per heavy atom. The van der Waals surface area contributed by atoms with Crippen LogP contribution in [0.4, 0.5) is 0 Å². The molecule has 3 aliphatic heterocycles. The van der Waals surface area contributed by atoms with Crippen LogP contribution < -0.4 is 14.2 Å². The predicted octanol–water partition coefficient (Wildman–Crippen LogP) is 2.65. The number of hydrogen-bond donors (Lipinski definition) is 0. The second-order valence-electron chi connectivity index (χ2n) is 7.72. The van der Waals surface area contributed by atoms with Crippen LogP contribution in [0.2, 0.25) is 0 Å². The Morgan fingerprint density at radius 1 is 1.17 bits per heavy atom. The number of rotatable bonds is 5. The van der Waals surface area contributed by atoms with Crippen LogP contribution in [-0.4, -0.2) is 71.3 Å². The van der Waals surface area contributed by atoms with E-state index >= 15 is 0 Å². The number of carbonyl (C=O) groups is 1. The van der Waals surface area contributed by atoms with Crippen molar-refractivity contribution in [3.8, 4) is 17.4 Å². The monoisotopic (exact) mass is 427 g/mol. The molecule has 8 heteroatoms. The molecule has 0 saturated carbocycles. The van der Waals surface area contributed by atoms with Crippen LogP contribution in [0, 0.1) is 0 Å². The summed E-state index contributed by atoms with van der Waals surface area (Å²) in [7, 11) is 0. The molecule has 1 aromatic heterocycles. The summed E-state index contributed by atoms with van der Waals surface area (Å²) in [5.74, 6) is 4.16. The van der Waals surface area contributed by atoms with E-state index in [0.29, 0.717) is 31.3 Å². The molecule has 1 atom stereocenters. The molecule has 1 amide bonds. The number of piperazine rings is 1. The number of ether oxygens (including phenoxy) is 3. The summed E-state index contributed by atoms with van der Waals surface area (Å²) in [4.78, 5) is 21.7. The quantitative estimate of drug-likeness (QED) is 0.727. The Hall–Kier alpha value is -2.45. The molecule has 0 radical (unpaired) electrons. The smallest absolute Gasteiger partial charge is 0.259 e. The molecule has 0 N–H and O–H groups in total. The molecule has 3 aliphatic rings. The number of benzene rings is 1. The number of amides is 1. The normalized spacial score (nSPS) is 21.1. The lowest BCUT2D eigenvalue weighted by Crippen LogP contribution is -2.48. The van der Waals surface area contributed by atoms with Gasteiger partial charge in [0, 0.05) is 44.7 Å². The summed E-state index contributed by atoms with van der Waals surface area (Å²) in [6.07, 6.45) is 2.85. The molecule has 7 nitrogen and oxygen atoms in total. The number of nitrogens with zero attached hydrogens (tertiary/aromatic N) is 3. The molecule has 0 aliphatic carbocycles. The van der Waals surface area contributed by atoms with Gasteiger partial charge in [0.2, 0.25) is 12.7 Å². The third-order valence-corrected chi connectivity index (χ3v) is 6.80. The number of carbonyl (C=O) groups excluding carboxylic acids is 1. The Morgan fingerprint density at radius 2 is 2.03 bits per heavy atom. The van der Waals surface area contributed by atoms with Crippen LogP contribution in [0.3, 0.4) is 0 Å². The highest BCUT2D eigenvalue weighted by Gasteiger charge is 2.27. The molecule has 0 bridgehead atoms. The highest BCUT2D eigenvalue weighted by atomic mass is 32.2. The van der Waals surface area contributed by atoms with E-state index in [1.807, 2.05) is 34.9 Å². The number of hydrogen-bond acceptors (Lipinski definition) is 7. The third-order valence-electron chi connectivity index (χ3n) is 5.67. The lowest BCUT2D eigenvalue weighted by molar-refractivity contribution is 0.0621. The van der Waals surface area contributed by atoms with Gasteiger partial charge in [0.15, 0.2) is 11.5 Å². The molecular formula is C22H25N3O4S. The van der Waals surface area contributed by atoms with Crippen LogP contribution in [0.15, 0.2) is 36.5 Å². The van der Waals surface area contributed by atoms with E-state index in [4.69, 9.17) is 14.2 Å². The number of fused-ring (bicyclic) bond motifs is 1. The van der Waals surface area contributed by atoms with Crippen molar-refractivity contribution in [3.63, 3.8) is 0 Å². The second-order valence-corrected chi connectivity index (χ2v) is 8.87. The summed E-state index contributed by atoms with van der Waals surface area (Å²) in [5.41, 5.74) is 1.76. The molecule has 158 valence electrons. The average Bonchev–Trinajstić information content (AvgIpc) is 3.46. The Labute approximate surface area is 180 Å². The largest absolute Gasteiger partial charge is 0.473 e. The van der Waals surface area contributed by atoms with Crippen molar-refractivity contribution in [1.82, 2.24) is 14.8 Å². The van der Waals surface area contributed by atoms with Crippen LogP contribution in [-0.2, 0) is 6.54 Å². The molecule has 2 aromatic rings. The van der Waals surface area contributed by atoms with Gasteiger partial charge < -0.3 is 19.1 Å². The maximum Gasteiger partial charge on any atom is 0.259 e. The van der Waals surface area contributed by atoms with Gasteiger partial charge in [-0.2, -0.15) is 11.8 Å². The maximum atomic E-state index is 13.1. The molecule has 0 unspecified atom stereocenters. The van der Waals surface area contributed by atoms with Gasteiger partial charge in [0.25, 0.3) is 5.91 Å². The van der Waals surface area contributed by atoms with Crippen molar-refractivity contribution >= 4 is 17.7 Å². The van der Waals surface area contributed by atoms with Gasteiger partial charge in [-0.05, 0) is 42.0 Å². The molecule has 0 spiro atoms. The lowest BCUT2D eigenvalue weighted by Gasteiger charge is -2.35. The van der Waals surface area contributed by atoms with Crippen molar-refractivity contribution in [2.24, 2.45) is 0 Å². The molecule has 2 saturated heterocycles. The first-order valence-corrected chi connectivity index (χ1v) is 11.5. The average molecular weight is 428 g/mol. The molecular weight excluding hydrogens is 402 g/mol. The van der Waals surface area contributed by atoms with Crippen molar-refractivity contribution in [3.05, 3.63) is 47.7 Å². The topological polar surface area (TPSA) is 64.1 Å². The van der Waals surface area contributed by atoms with Gasteiger partial charge in [-0.25, -0.2) is 4.98 Å². The first kappa shape index (κ1) is 19.5. The Kier molecular flexibility index (Phi) is 5.68. The van der Waals surface area contributed by atoms with Crippen molar-refractivity contribution < 1.29 is 19.0 Å². The minimum atomic E-state index is 0.00600. The van der Waals surface area contributed by atoms with E-state index < -0.39 is 0 Å². The van der Waals surface area contributed by atoms with E-state index in [1.54, 1.807) is 12.3 Å². The standard InChI is InChI=1S/C22H25N3O4S/c26-22(18-2-1-6-23-21(18)29-17-5-11-30-14-17)25-9-7-24(8-10-25)13-16-3-4-19-20(12-16)28-15-27-19/h1-4,6,12,17H,5,7-11,13-15H2/t17-/m1/s1. The van der Waals surface area contributed by atoms with Gasteiger partial charge in [0.1, 0.15) is 11.7 Å². The molecule has 30 heavy (non-hydrogen) atoms. The highest BCUT2D eigenvalue weighted by molar-refractivity contribution is 7.99. The molecule has 5 rings (SSSR count). The Bertz CT molecular complexity index is 911. The predicted molar refractivity (Wildman–Crippen MR) is 114 cm³/mol. The highest BCUT2D eigenvalue weighted by Crippen LogP contribution is 2.33. The summed E-state index contributed by atoms with van der Waals surface area (Å²) in [6, 6.07) is 9.71. The van der Waals surface area contributed by atoms with Gasteiger partial charge in [-0.1, -0.05) is 6.07 Å². The van der Waals surface area contributed by atoms with Gasteiger partial charge in [-0.3, -0.25) is 9.69 Å². The van der Waals surface area contributed by atoms with E-state index in [-0.39, 0.29) is 12.0 Å². The fourth-order valence-electron chi connectivity index (χ4n) is 3.99. The Balaban J connectivity index is 1.19.